The Hall–Kier alpha value is 0. The third kappa shape index (κ3) is 25.1. The molecule has 0 aromatic carbocycles. The Morgan fingerprint density at radius 1 is 0.382 bits per heavy atom. The van der Waals surface area contributed by atoms with Gasteiger partial charge in [0, 0.05) is 0 Å². The normalized spacial score (nSPS) is 15.5. The Bertz CT molecular complexity index is 383. The van der Waals surface area contributed by atoms with Crippen molar-refractivity contribution in [2.24, 2.45) is 29.6 Å². The van der Waals surface area contributed by atoms with Crippen molar-refractivity contribution in [3.8, 4) is 0 Å². The monoisotopic (exact) mass is 478 g/mol. The van der Waals surface area contributed by atoms with Crippen molar-refractivity contribution < 1.29 is 0 Å². The Balaban J connectivity index is 3.51. The van der Waals surface area contributed by atoms with Crippen molar-refractivity contribution >= 4 is 0 Å². The van der Waals surface area contributed by atoms with Crippen LogP contribution in [0, 0.1) is 36.5 Å². The van der Waals surface area contributed by atoms with Gasteiger partial charge in [0.05, 0.1) is 0 Å². The van der Waals surface area contributed by atoms with Gasteiger partial charge in [-0.05, 0) is 29.6 Å². The van der Waals surface area contributed by atoms with E-state index >= 15 is 0 Å². The second-order valence-electron chi connectivity index (χ2n) is 12.9. The first-order chi connectivity index (χ1) is 16.3. The van der Waals surface area contributed by atoms with Gasteiger partial charge in [-0.3, -0.25) is 0 Å². The van der Waals surface area contributed by atoms with Crippen molar-refractivity contribution in [1.82, 2.24) is 0 Å². The summed E-state index contributed by atoms with van der Waals surface area (Å²) >= 11 is 0. The molecule has 0 nitrogen and oxygen atoms in total. The van der Waals surface area contributed by atoms with Crippen LogP contribution in [0.15, 0.2) is 0 Å². The van der Waals surface area contributed by atoms with Crippen molar-refractivity contribution in [3.63, 3.8) is 0 Å². The second kappa shape index (κ2) is 24.7. The first-order valence-electron chi connectivity index (χ1n) is 16.2. The SMILES string of the molecule is [CH2]C(CCCCC(C)CCCCCCC(C)C)CCC(C)CCCCC(C)CCCCCCC. The molecule has 4 atom stereocenters. The average molecular weight is 478 g/mol. The zero-order chi connectivity index (χ0) is 25.4. The highest BCUT2D eigenvalue weighted by molar-refractivity contribution is 4.66. The standard InChI is InChI=1S/C34H69/c1-8-9-10-11-15-22-31(4)24-17-19-26-33(6)28-29-34(7)27-20-18-25-32(5)23-16-13-12-14-21-30(2)3/h30-34H,7-29H2,1-6H3. The fourth-order valence-corrected chi connectivity index (χ4v) is 5.50. The lowest BCUT2D eigenvalue weighted by atomic mass is 9.89. The van der Waals surface area contributed by atoms with Gasteiger partial charge in [0.2, 0.25) is 0 Å². The van der Waals surface area contributed by atoms with E-state index in [0.29, 0.717) is 5.92 Å². The Labute approximate surface area is 219 Å². The van der Waals surface area contributed by atoms with Crippen LogP contribution in [0.1, 0.15) is 183 Å². The van der Waals surface area contributed by atoms with Crippen molar-refractivity contribution in [3.05, 3.63) is 6.92 Å². The van der Waals surface area contributed by atoms with E-state index in [0.717, 1.165) is 23.7 Å². The van der Waals surface area contributed by atoms with Crippen LogP contribution in [0.4, 0.5) is 0 Å². The summed E-state index contributed by atoms with van der Waals surface area (Å²) < 4.78 is 0. The maximum Gasteiger partial charge on any atom is -0.0414 e. The fourth-order valence-electron chi connectivity index (χ4n) is 5.50. The zero-order valence-corrected chi connectivity index (χ0v) is 25.2. The van der Waals surface area contributed by atoms with Gasteiger partial charge in [-0.15, -0.1) is 0 Å². The Kier molecular flexibility index (Phi) is 24.7. The molecule has 0 fully saturated rings. The maximum absolute atomic E-state index is 4.48. The van der Waals surface area contributed by atoms with E-state index in [1.165, 1.54) is 141 Å². The van der Waals surface area contributed by atoms with Gasteiger partial charge in [0.1, 0.15) is 0 Å². The van der Waals surface area contributed by atoms with Crippen LogP contribution in [0.3, 0.4) is 0 Å². The summed E-state index contributed by atoms with van der Waals surface area (Å²) in [5.74, 6) is 4.34. The molecule has 0 saturated carbocycles. The predicted molar refractivity (Wildman–Crippen MR) is 158 cm³/mol. The molecule has 34 heavy (non-hydrogen) atoms. The lowest BCUT2D eigenvalue weighted by molar-refractivity contribution is 0.376. The van der Waals surface area contributed by atoms with Crippen LogP contribution in [0.25, 0.3) is 0 Å². The van der Waals surface area contributed by atoms with Crippen LogP contribution in [0.5, 0.6) is 0 Å². The van der Waals surface area contributed by atoms with E-state index in [1.54, 1.807) is 0 Å². The summed E-state index contributed by atoms with van der Waals surface area (Å²) in [6.07, 6.45) is 31.4. The van der Waals surface area contributed by atoms with E-state index in [9.17, 15) is 0 Å². The molecule has 1 radical (unpaired) electrons. The molecule has 0 aliphatic heterocycles. The highest BCUT2D eigenvalue weighted by atomic mass is 14.2. The summed E-state index contributed by atoms with van der Waals surface area (Å²) in [6.45, 7) is 18.9. The summed E-state index contributed by atoms with van der Waals surface area (Å²) in [5, 5.41) is 0. The molecule has 4 unspecified atom stereocenters. The topological polar surface area (TPSA) is 0 Å². The molecule has 0 amide bonds. The van der Waals surface area contributed by atoms with E-state index in [1.807, 2.05) is 0 Å². The van der Waals surface area contributed by atoms with Crippen LogP contribution in [-0.4, -0.2) is 0 Å². The quantitative estimate of drug-likeness (QED) is 0.109. The van der Waals surface area contributed by atoms with Gasteiger partial charge in [-0.25, -0.2) is 0 Å². The van der Waals surface area contributed by atoms with Gasteiger partial charge in [0.25, 0.3) is 0 Å². The lowest BCUT2D eigenvalue weighted by Gasteiger charge is -2.17. The van der Waals surface area contributed by atoms with Crippen molar-refractivity contribution in [2.45, 2.75) is 183 Å². The van der Waals surface area contributed by atoms with Gasteiger partial charge >= 0.3 is 0 Å². The van der Waals surface area contributed by atoms with Gasteiger partial charge in [0.15, 0.2) is 0 Å². The van der Waals surface area contributed by atoms with Crippen LogP contribution in [0.2, 0.25) is 0 Å². The smallest absolute Gasteiger partial charge is 0.0414 e. The molecular weight excluding hydrogens is 408 g/mol. The number of rotatable bonds is 26. The van der Waals surface area contributed by atoms with Crippen molar-refractivity contribution in [2.75, 3.05) is 0 Å². The van der Waals surface area contributed by atoms with Gasteiger partial charge < -0.3 is 0 Å². The van der Waals surface area contributed by atoms with Gasteiger partial charge in [-0.1, -0.05) is 190 Å². The van der Waals surface area contributed by atoms with Crippen LogP contribution in [-0.2, 0) is 0 Å². The minimum absolute atomic E-state index is 0.687. The molecule has 0 bridgehead atoms. The van der Waals surface area contributed by atoms with Gasteiger partial charge in [-0.2, -0.15) is 0 Å². The molecule has 0 spiro atoms. The molecule has 0 heteroatoms. The number of hydrogen-bond donors (Lipinski definition) is 0. The molecular formula is C34H69. The number of hydrogen-bond acceptors (Lipinski definition) is 0. The lowest BCUT2D eigenvalue weighted by Crippen LogP contribution is -2.02. The first kappa shape index (κ1) is 34.0. The second-order valence-corrected chi connectivity index (χ2v) is 12.9. The largest absolute Gasteiger partial charge is 0.0654 e. The average Bonchev–Trinajstić information content (AvgIpc) is 2.80. The predicted octanol–water partition coefficient (Wildman–Crippen LogP) is 12.6. The molecule has 0 saturated heterocycles. The molecule has 0 heterocycles. The molecule has 0 aliphatic carbocycles. The van der Waals surface area contributed by atoms with Crippen LogP contribution < -0.4 is 0 Å². The third-order valence-electron chi connectivity index (χ3n) is 8.30. The molecule has 0 N–H and O–H groups in total. The fraction of sp³-hybridized carbons (Fsp3) is 0.971. The Morgan fingerprint density at radius 3 is 1.18 bits per heavy atom. The molecule has 0 aromatic heterocycles. The van der Waals surface area contributed by atoms with E-state index in [-0.39, 0.29) is 0 Å². The van der Waals surface area contributed by atoms with Crippen LogP contribution >= 0.6 is 0 Å². The van der Waals surface area contributed by atoms with E-state index in [2.05, 4.69) is 48.5 Å². The highest BCUT2D eigenvalue weighted by Crippen LogP contribution is 2.24. The zero-order valence-electron chi connectivity index (χ0n) is 25.2. The molecule has 0 aliphatic rings. The Morgan fingerprint density at radius 2 is 0.735 bits per heavy atom. The summed E-state index contributed by atoms with van der Waals surface area (Å²) in [5.41, 5.74) is 0. The highest BCUT2D eigenvalue weighted by Gasteiger charge is 2.09. The molecule has 0 aromatic rings. The van der Waals surface area contributed by atoms with E-state index in [4.69, 9.17) is 0 Å². The van der Waals surface area contributed by atoms with E-state index < -0.39 is 0 Å². The number of unbranched alkanes of at least 4 members (excludes halogenated alkanes) is 9. The summed E-state index contributed by atoms with van der Waals surface area (Å²) in [6, 6.07) is 0. The first-order valence-corrected chi connectivity index (χ1v) is 16.2. The molecule has 205 valence electrons. The molecule has 0 rings (SSSR count). The minimum Gasteiger partial charge on any atom is -0.0654 e. The summed E-state index contributed by atoms with van der Waals surface area (Å²) in [7, 11) is 0. The maximum atomic E-state index is 4.48. The minimum atomic E-state index is 0.687. The summed E-state index contributed by atoms with van der Waals surface area (Å²) in [4.78, 5) is 0. The van der Waals surface area contributed by atoms with Crippen molar-refractivity contribution in [1.29, 1.82) is 0 Å². The third-order valence-corrected chi connectivity index (χ3v) is 8.30.